The topological polar surface area (TPSA) is 71.7 Å². The standard InChI is InChI=1S/C16H21NO4/c1-12-3-4-14-13(11-21-15(14)9-12)10-16(19)17-5-2-7-20-8-6-18/h3-4,9,11,18H,2,5-8,10H2,1H3,(H,17,19). The fourth-order valence-corrected chi connectivity index (χ4v) is 2.13. The number of furan rings is 1. The van der Waals surface area contributed by atoms with Crippen LogP contribution in [0.2, 0.25) is 0 Å². The van der Waals surface area contributed by atoms with Crippen molar-refractivity contribution in [2.24, 2.45) is 0 Å². The summed E-state index contributed by atoms with van der Waals surface area (Å²) in [5.41, 5.74) is 2.85. The molecule has 0 radical (unpaired) electrons. The van der Waals surface area contributed by atoms with Gasteiger partial charge in [-0.2, -0.15) is 0 Å². The summed E-state index contributed by atoms with van der Waals surface area (Å²) in [6, 6.07) is 5.96. The summed E-state index contributed by atoms with van der Waals surface area (Å²) in [6.07, 6.45) is 2.69. The van der Waals surface area contributed by atoms with Crippen molar-refractivity contribution in [2.75, 3.05) is 26.4 Å². The molecule has 0 aliphatic heterocycles. The van der Waals surface area contributed by atoms with E-state index in [1.54, 1.807) is 6.26 Å². The molecule has 0 bridgehead atoms. The molecule has 0 saturated heterocycles. The highest BCUT2D eigenvalue weighted by molar-refractivity contribution is 5.87. The van der Waals surface area contributed by atoms with E-state index in [9.17, 15) is 4.79 Å². The zero-order valence-corrected chi connectivity index (χ0v) is 12.2. The molecular formula is C16H21NO4. The first-order valence-corrected chi connectivity index (χ1v) is 7.12. The van der Waals surface area contributed by atoms with Crippen molar-refractivity contribution >= 4 is 16.9 Å². The lowest BCUT2D eigenvalue weighted by molar-refractivity contribution is -0.120. The van der Waals surface area contributed by atoms with Crippen LogP contribution in [0.5, 0.6) is 0 Å². The molecule has 0 saturated carbocycles. The first kappa shape index (κ1) is 15.5. The number of ether oxygens (including phenoxy) is 1. The zero-order valence-electron chi connectivity index (χ0n) is 12.2. The van der Waals surface area contributed by atoms with E-state index in [0.29, 0.717) is 26.2 Å². The molecule has 0 aliphatic rings. The van der Waals surface area contributed by atoms with E-state index in [0.717, 1.165) is 28.5 Å². The van der Waals surface area contributed by atoms with E-state index in [-0.39, 0.29) is 12.5 Å². The van der Waals surface area contributed by atoms with Crippen molar-refractivity contribution < 1.29 is 19.1 Å². The molecule has 1 heterocycles. The van der Waals surface area contributed by atoms with Crippen molar-refractivity contribution in [2.45, 2.75) is 19.8 Å². The Bertz CT molecular complexity index is 591. The van der Waals surface area contributed by atoms with Crippen LogP contribution in [0, 0.1) is 6.92 Å². The molecule has 2 aromatic rings. The Hall–Kier alpha value is -1.85. The van der Waals surface area contributed by atoms with Gasteiger partial charge in [-0.1, -0.05) is 12.1 Å². The van der Waals surface area contributed by atoms with Crippen LogP contribution in [0.25, 0.3) is 11.0 Å². The number of carbonyl (C=O) groups excluding carboxylic acids is 1. The molecule has 0 unspecified atom stereocenters. The van der Waals surface area contributed by atoms with Gasteiger partial charge < -0.3 is 19.6 Å². The molecule has 1 amide bonds. The first-order chi connectivity index (χ1) is 10.2. The smallest absolute Gasteiger partial charge is 0.224 e. The van der Waals surface area contributed by atoms with E-state index in [2.05, 4.69) is 5.32 Å². The lowest BCUT2D eigenvalue weighted by Crippen LogP contribution is -2.26. The van der Waals surface area contributed by atoms with Gasteiger partial charge in [-0.25, -0.2) is 0 Å². The highest BCUT2D eigenvalue weighted by Crippen LogP contribution is 2.22. The van der Waals surface area contributed by atoms with Crippen molar-refractivity contribution in [3.8, 4) is 0 Å². The van der Waals surface area contributed by atoms with Crippen LogP contribution in [0.3, 0.4) is 0 Å². The Morgan fingerprint density at radius 2 is 2.24 bits per heavy atom. The van der Waals surface area contributed by atoms with E-state index >= 15 is 0 Å². The van der Waals surface area contributed by atoms with Crippen LogP contribution in [0.4, 0.5) is 0 Å². The first-order valence-electron chi connectivity index (χ1n) is 7.12. The van der Waals surface area contributed by atoms with Crippen LogP contribution in [-0.2, 0) is 16.0 Å². The third-order valence-corrected chi connectivity index (χ3v) is 3.19. The Kier molecular flexibility index (Phi) is 5.78. The zero-order chi connectivity index (χ0) is 15.1. The van der Waals surface area contributed by atoms with Crippen LogP contribution in [0.15, 0.2) is 28.9 Å². The van der Waals surface area contributed by atoms with Gasteiger partial charge >= 0.3 is 0 Å². The van der Waals surface area contributed by atoms with Crippen molar-refractivity contribution in [1.29, 1.82) is 0 Å². The van der Waals surface area contributed by atoms with E-state index < -0.39 is 0 Å². The minimum atomic E-state index is -0.0274. The molecule has 0 spiro atoms. The third-order valence-electron chi connectivity index (χ3n) is 3.19. The number of rotatable bonds is 8. The summed E-state index contributed by atoms with van der Waals surface area (Å²) in [5.74, 6) is -0.0274. The second-order valence-corrected chi connectivity index (χ2v) is 4.98. The Morgan fingerprint density at radius 3 is 3.05 bits per heavy atom. The van der Waals surface area contributed by atoms with Crippen LogP contribution in [-0.4, -0.2) is 37.4 Å². The molecule has 1 aromatic carbocycles. The second kappa shape index (κ2) is 7.81. The second-order valence-electron chi connectivity index (χ2n) is 4.98. The quantitative estimate of drug-likeness (QED) is 0.728. The maximum Gasteiger partial charge on any atom is 0.224 e. The molecule has 0 fully saturated rings. The van der Waals surface area contributed by atoms with Crippen molar-refractivity contribution in [3.05, 3.63) is 35.6 Å². The van der Waals surface area contributed by atoms with Gasteiger partial charge in [0.05, 0.1) is 25.9 Å². The lowest BCUT2D eigenvalue weighted by atomic mass is 10.1. The number of aryl methyl sites for hydroxylation is 1. The number of fused-ring (bicyclic) bond motifs is 1. The molecule has 0 atom stereocenters. The molecule has 0 aliphatic carbocycles. The highest BCUT2D eigenvalue weighted by Gasteiger charge is 2.10. The predicted octanol–water partition coefficient (Wildman–Crippen LogP) is 1.80. The molecule has 5 nitrogen and oxygen atoms in total. The van der Waals surface area contributed by atoms with E-state index in [1.807, 2.05) is 25.1 Å². The van der Waals surface area contributed by atoms with Gasteiger partial charge in [-0.15, -0.1) is 0 Å². The number of nitrogens with one attached hydrogen (secondary N) is 1. The summed E-state index contributed by atoms with van der Waals surface area (Å²) in [5, 5.41) is 12.4. The summed E-state index contributed by atoms with van der Waals surface area (Å²) in [4.78, 5) is 11.9. The summed E-state index contributed by atoms with van der Waals surface area (Å²) in [6.45, 7) is 3.48. The molecule has 5 heteroatoms. The predicted molar refractivity (Wildman–Crippen MR) is 80.2 cm³/mol. The van der Waals surface area contributed by atoms with Gasteiger partial charge in [0.15, 0.2) is 0 Å². The number of amides is 1. The highest BCUT2D eigenvalue weighted by atomic mass is 16.5. The van der Waals surface area contributed by atoms with Gasteiger partial charge in [0.25, 0.3) is 0 Å². The van der Waals surface area contributed by atoms with Crippen LogP contribution >= 0.6 is 0 Å². The number of aliphatic hydroxyl groups is 1. The van der Waals surface area contributed by atoms with Gasteiger partial charge in [-0.05, 0) is 25.0 Å². The van der Waals surface area contributed by atoms with Crippen LogP contribution < -0.4 is 5.32 Å². The molecule has 21 heavy (non-hydrogen) atoms. The molecular weight excluding hydrogens is 270 g/mol. The molecule has 2 N–H and O–H groups in total. The largest absolute Gasteiger partial charge is 0.464 e. The van der Waals surface area contributed by atoms with Gasteiger partial charge in [0.1, 0.15) is 5.58 Å². The maximum atomic E-state index is 11.9. The number of benzene rings is 1. The van der Waals surface area contributed by atoms with Crippen molar-refractivity contribution in [1.82, 2.24) is 5.32 Å². The molecule has 2 rings (SSSR count). The summed E-state index contributed by atoms with van der Waals surface area (Å²) < 4.78 is 10.6. The average molecular weight is 291 g/mol. The Labute approximate surface area is 123 Å². The lowest BCUT2D eigenvalue weighted by Gasteiger charge is -2.05. The minimum Gasteiger partial charge on any atom is -0.464 e. The minimum absolute atomic E-state index is 0.0272. The Balaban J connectivity index is 1.79. The van der Waals surface area contributed by atoms with Gasteiger partial charge in [-0.3, -0.25) is 4.79 Å². The van der Waals surface area contributed by atoms with Crippen molar-refractivity contribution in [3.63, 3.8) is 0 Å². The van der Waals surface area contributed by atoms with E-state index in [1.165, 1.54) is 0 Å². The monoisotopic (exact) mass is 291 g/mol. The maximum absolute atomic E-state index is 11.9. The van der Waals surface area contributed by atoms with Crippen LogP contribution in [0.1, 0.15) is 17.5 Å². The molecule has 1 aromatic heterocycles. The fraction of sp³-hybridized carbons (Fsp3) is 0.438. The molecule has 114 valence electrons. The summed E-state index contributed by atoms with van der Waals surface area (Å²) in [7, 11) is 0. The Morgan fingerprint density at radius 1 is 1.38 bits per heavy atom. The number of aliphatic hydroxyl groups excluding tert-OH is 1. The van der Waals surface area contributed by atoms with E-state index in [4.69, 9.17) is 14.3 Å². The summed E-state index contributed by atoms with van der Waals surface area (Å²) >= 11 is 0. The average Bonchev–Trinajstić information content (AvgIpc) is 2.85. The number of hydrogen-bond acceptors (Lipinski definition) is 4. The van der Waals surface area contributed by atoms with Gasteiger partial charge in [0.2, 0.25) is 5.91 Å². The number of carbonyl (C=O) groups is 1. The normalized spacial score (nSPS) is 11.0. The third kappa shape index (κ3) is 4.58. The fourth-order valence-electron chi connectivity index (χ4n) is 2.13. The number of hydrogen-bond donors (Lipinski definition) is 2. The SMILES string of the molecule is Cc1ccc2c(CC(=O)NCCCOCCO)coc2c1. The van der Waals surface area contributed by atoms with Gasteiger partial charge in [0, 0.05) is 24.1 Å².